The molecule has 0 saturated heterocycles. The number of halogens is 1. The van der Waals surface area contributed by atoms with Crippen LogP contribution in [0.5, 0.6) is 0 Å². The zero-order chi connectivity index (χ0) is 12.3. The van der Waals surface area contributed by atoms with Gasteiger partial charge in [0.2, 0.25) is 11.8 Å². The van der Waals surface area contributed by atoms with Crippen LogP contribution in [0, 0.1) is 6.92 Å². The van der Waals surface area contributed by atoms with E-state index in [0.717, 1.165) is 16.6 Å². The molecule has 1 N–H and O–H groups in total. The quantitative estimate of drug-likeness (QED) is 0.940. The molecule has 2 aromatic rings. The summed E-state index contributed by atoms with van der Waals surface area (Å²) >= 11 is 3.47. The van der Waals surface area contributed by atoms with Crippen LogP contribution in [0.15, 0.2) is 27.1 Å². The summed E-state index contributed by atoms with van der Waals surface area (Å²) in [5.74, 6) is 1.20. The highest BCUT2D eigenvalue weighted by Crippen LogP contribution is 2.22. The first-order chi connectivity index (χ1) is 8.19. The summed E-state index contributed by atoms with van der Waals surface area (Å²) in [7, 11) is 0. The Labute approximate surface area is 109 Å². The maximum atomic E-state index is 5.31. The summed E-state index contributed by atoms with van der Waals surface area (Å²) in [6, 6.07) is 6.17. The lowest BCUT2D eigenvalue weighted by Crippen LogP contribution is -2.02. The van der Waals surface area contributed by atoms with Crippen LogP contribution >= 0.6 is 15.9 Å². The van der Waals surface area contributed by atoms with Gasteiger partial charge in [-0.2, -0.15) is 0 Å². The maximum Gasteiger partial charge on any atom is 0.235 e. The predicted octanol–water partition coefficient (Wildman–Crippen LogP) is 3.32. The first-order valence-corrected chi connectivity index (χ1v) is 6.29. The molecule has 0 aliphatic heterocycles. The first-order valence-electron chi connectivity index (χ1n) is 5.50. The second-order valence-corrected chi connectivity index (χ2v) is 4.64. The van der Waals surface area contributed by atoms with Crippen molar-refractivity contribution in [3.05, 3.63) is 40.0 Å². The fourth-order valence-corrected chi connectivity index (χ4v) is 2.02. The Bertz CT molecular complexity index is 510. The Balaban J connectivity index is 2.08. The number of aryl methyl sites for hydroxylation is 2. The van der Waals surface area contributed by atoms with Gasteiger partial charge in [-0.1, -0.05) is 22.9 Å². The Hall–Kier alpha value is -1.36. The smallest absolute Gasteiger partial charge is 0.235 e. The van der Waals surface area contributed by atoms with Crippen LogP contribution in [0.25, 0.3) is 0 Å². The molecule has 0 bridgehead atoms. The summed E-state index contributed by atoms with van der Waals surface area (Å²) < 4.78 is 6.40. The van der Waals surface area contributed by atoms with E-state index in [1.165, 1.54) is 5.56 Å². The second kappa shape index (κ2) is 5.31. The third kappa shape index (κ3) is 3.06. The first kappa shape index (κ1) is 12.1. The van der Waals surface area contributed by atoms with E-state index < -0.39 is 0 Å². The van der Waals surface area contributed by atoms with Gasteiger partial charge in [0.15, 0.2) is 0 Å². The van der Waals surface area contributed by atoms with Gasteiger partial charge in [0, 0.05) is 17.1 Å². The van der Waals surface area contributed by atoms with Crippen LogP contribution in [-0.4, -0.2) is 10.2 Å². The van der Waals surface area contributed by atoms with E-state index >= 15 is 0 Å². The minimum Gasteiger partial charge on any atom is -0.424 e. The number of nitrogens with zero attached hydrogens (tertiary/aromatic N) is 2. The van der Waals surface area contributed by atoms with Crippen molar-refractivity contribution in [2.45, 2.75) is 26.8 Å². The van der Waals surface area contributed by atoms with E-state index in [4.69, 9.17) is 4.42 Å². The minimum absolute atomic E-state index is 0.551. The lowest BCUT2D eigenvalue weighted by atomic mass is 10.1. The number of nitrogens with one attached hydrogen (secondary N) is 1. The van der Waals surface area contributed by atoms with Crippen LogP contribution in [0.2, 0.25) is 0 Å². The van der Waals surface area contributed by atoms with E-state index in [1.54, 1.807) is 6.92 Å². The molecule has 4 nitrogen and oxygen atoms in total. The van der Waals surface area contributed by atoms with Crippen molar-refractivity contribution in [3.63, 3.8) is 0 Å². The highest BCUT2D eigenvalue weighted by molar-refractivity contribution is 9.10. The molecule has 0 spiro atoms. The number of rotatable bonds is 4. The van der Waals surface area contributed by atoms with Gasteiger partial charge in [0.05, 0.1) is 6.54 Å². The van der Waals surface area contributed by atoms with Crippen molar-refractivity contribution in [3.8, 4) is 0 Å². The molecule has 0 atom stereocenters. The minimum atomic E-state index is 0.551. The number of benzene rings is 1. The number of aromatic nitrogens is 2. The van der Waals surface area contributed by atoms with E-state index in [1.807, 2.05) is 12.1 Å². The molecule has 90 valence electrons. The largest absolute Gasteiger partial charge is 0.424 e. The number of anilines is 1. The van der Waals surface area contributed by atoms with Crippen molar-refractivity contribution in [2.75, 3.05) is 5.32 Å². The third-order valence-corrected chi connectivity index (χ3v) is 2.94. The van der Waals surface area contributed by atoms with Crippen molar-refractivity contribution >= 4 is 21.6 Å². The van der Waals surface area contributed by atoms with Gasteiger partial charge in [-0.05, 0) is 30.2 Å². The molecule has 5 heteroatoms. The van der Waals surface area contributed by atoms with Gasteiger partial charge in [-0.3, -0.25) is 0 Å². The van der Waals surface area contributed by atoms with E-state index in [9.17, 15) is 0 Å². The monoisotopic (exact) mass is 295 g/mol. The van der Waals surface area contributed by atoms with Crippen LogP contribution in [-0.2, 0) is 13.0 Å². The molecule has 2 rings (SSSR count). The van der Waals surface area contributed by atoms with Crippen LogP contribution in [0.3, 0.4) is 0 Å². The summed E-state index contributed by atoms with van der Waals surface area (Å²) in [6.07, 6.45) is 0.977. The Morgan fingerprint density at radius 1 is 1.35 bits per heavy atom. The van der Waals surface area contributed by atoms with Crippen molar-refractivity contribution in [1.82, 2.24) is 10.2 Å². The normalized spacial score (nSPS) is 10.5. The van der Waals surface area contributed by atoms with Crippen molar-refractivity contribution < 1.29 is 4.42 Å². The third-order valence-electron chi connectivity index (χ3n) is 2.45. The fourth-order valence-electron chi connectivity index (χ4n) is 1.61. The zero-order valence-corrected chi connectivity index (χ0v) is 11.4. The summed E-state index contributed by atoms with van der Waals surface area (Å²) in [6.45, 7) is 4.47. The number of hydrogen-bond acceptors (Lipinski definition) is 4. The topological polar surface area (TPSA) is 51.0 Å². The fraction of sp³-hybridized carbons (Fsp3) is 0.333. The average molecular weight is 296 g/mol. The average Bonchev–Trinajstić information content (AvgIpc) is 2.73. The Morgan fingerprint density at radius 2 is 2.18 bits per heavy atom. The summed E-state index contributed by atoms with van der Waals surface area (Å²) in [5.41, 5.74) is 2.36. The molecule has 1 aromatic heterocycles. The second-order valence-electron chi connectivity index (χ2n) is 3.72. The molecule has 0 unspecified atom stereocenters. The maximum absolute atomic E-state index is 5.31. The van der Waals surface area contributed by atoms with Gasteiger partial charge >= 0.3 is 0 Å². The Kier molecular flexibility index (Phi) is 3.78. The molecule has 17 heavy (non-hydrogen) atoms. The van der Waals surface area contributed by atoms with E-state index in [-0.39, 0.29) is 0 Å². The highest BCUT2D eigenvalue weighted by atomic mass is 79.9. The van der Waals surface area contributed by atoms with E-state index in [0.29, 0.717) is 18.3 Å². The standard InChI is InChI=1S/C12H14BrN3O/c1-3-9-6-10(13)4-5-11(9)14-7-12-16-15-8(2)17-12/h4-6,14H,3,7H2,1-2H3. The Morgan fingerprint density at radius 3 is 2.82 bits per heavy atom. The number of hydrogen-bond donors (Lipinski definition) is 1. The molecular weight excluding hydrogens is 282 g/mol. The lowest BCUT2D eigenvalue weighted by molar-refractivity contribution is 0.475. The lowest BCUT2D eigenvalue weighted by Gasteiger charge is -2.09. The molecule has 1 heterocycles. The van der Waals surface area contributed by atoms with Crippen molar-refractivity contribution in [1.29, 1.82) is 0 Å². The van der Waals surface area contributed by atoms with Gasteiger partial charge < -0.3 is 9.73 Å². The zero-order valence-electron chi connectivity index (χ0n) is 9.83. The van der Waals surface area contributed by atoms with Gasteiger partial charge in [-0.15, -0.1) is 10.2 Å². The predicted molar refractivity (Wildman–Crippen MR) is 69.9 cm³/mol. The molecule has 0 amide bonds. The molecule has 0 fully saturated rings. The molecule has 0 radical (unpaired) electrons. The van der Waals surface area contributed by atoms with Crippen LogP contribution in [0.1, 0.15) is 24.3 Å². The summed E-state index contributed by atoms with van der Waals surface area (Å²) in [4.78, 5) is 0. The van der Waals surface area contributed by atoms with Gasteiger partial charge in [0.25, 0.3) is 0 Å². The summed E-state index contributed by atoms with van der Waals surface area (Å²) in [5, 5.41) is 11.0. The van der Waals surface area contributed by atoms with E-state index in [2.05, 4.69) is 44.4 Å². The highest BCUT2D eigenvalue weighted by Gasteiger charge is 2.04. The SMILES string of the molecule is CCc1cc(Br)ccc1NCc1nnc(C)o1. The molecule has 1 aromatic carbocycles. The molecule has 0 aliphatic carbocycles. The van der Waals surface area contributed by atoms with Gasteiger partial charge in [0.1, 0.15) is 0 Å². The van der Waals surface area contributed by atoms with Crippen LogP contribution < -0.4 is 5.32 Å². The molecule has 0 saturated carbocycles. The van der Waals surface area contributed by atoms with Crippen LogP contribution in [0.4, 0.5) is 5.69 Å². The van der Waals surface area contributed by atoms with Gasteiger partial charge in [-0.25, -0.2) is 0 Å². The van der Waals surface area contributed by atoms with Crippen molar-refractivity contribution in [2.24, 2.45) is 0 Å². The molecule has 0 aliphatic rings. The molecular formula is C12H14BrN3O.